The Bertz CT molecular complexity index is 403. The zero-order valence-corrected chi connectivity index (χ0v) is 8.64. The standard InChI is InChI=1S/C11H14N2O/c1-7-8(2)11(3,13-10(7)14)9-5-4-6-12-9/h4-6,12H,1-3H3,(H,13,14). The van der Waals surface area contributed by atoms with E-state index >= 15 is 0 Å². The lowest BCUT2D eigenvalue weighted by Crippen LogP contribution is -2.38. The molecule has 0 aliphatic carbocycles. The minimum absolute atomic E-state index is 0.0274. The molecule has 0 saturated heterocycles. The summed E-state index contributed by atoms with van der Waals surface area (Å²) in [5, 5.41) is 2.99. The Morgan fingerprint density at radius 1 is 1.36 bits per heavy atom. The van der Waals surface area contributed by atoms with Crippen molar-refractivity contribution in [2.24, 2.45) is 0 Å². The van der Waals surface area contributed by atoms with E-state index in [1.54, 1.807) is 0 Å². The molecule has 1 aliphatic rings. The van der Waals surface area contributed by atoms with Gasteiger partial charge < -0.3 is 10.3 Å². The normalized spacial score (nSPS) is 26.9. The van der Waals surface area contributed by atoms with Crippen molar-refractivity contribution in [2.45, 2.75) is 26.3 Å². The minimum atomic E-state index is -0.356. The molecule has 1 aliphatic heterocycles. The average Bonchev–Trinajstić information content (AvgIpc) is 2.73. The van der Waals surface area contributed by atoms with Crippen molar-refractivity contribution < 1.29 is 4.79 Å². The molecular formula is C11H14N2O. The lowest BCUT2D eigenvalue weighted by Gasteiger charge is -2.25. The molecule has 1 aromatic heterocycles. The van der Waals surface area contributed by atoms with E-state index in [4.69, 9.17) is 0 Å². The summed E-state index contributed by atoms with van der Waals surface area (Å²) in [6, 6.07) is 3.93. The van der Waals surface area contributed by atoms with Gasteiger partial charge in [-0.15, -0.1) is 0 Å². The molecule has 0 fully saturated rings. The Hall–Kier alpha value is -1.51. The third-order valence-electron chi connectivity index (χ3n) is 3.15. The van der Waals surface area contributed by atoms with Crippen molar-refractivity contribution in [3.63, 3.8) is 0 Å². The lowest BCUT2D eigenvalue weighted by molar-refractivity contribution is -0.117. The summed E-state index contributed by atoms with van der Waals surface area (Å²) in [5.41, 5.74) is 2.58. The van der Waals surface area contributed by atoms with Crippen LogP contribution in [0.3, 0.4) is 0 Å². The fourth-order valence-corrected chi connectivity index (χ4v) is 1.87. The molecule has 0 radical (unpaired) electrons. The SMILES string of the molecule is CC1=C(C)C(C)(c2ccc[nH]2)NC1=O. The maximum Gasteiger partial charge on any atom is 0.247 e. The van der Waals surface area contributed by atoms with Crippen LogP contribution < -0.4 is 5.32 Å². The van der Waals surface area contributed by atoms with Crippen molar-refractivity contribution in [3.8, 4) is 0 Å². The van der Waals surface area contributed by atoms with Crippen molar-refractivity contribution >= 4 is 5.91 Å². The Kier molecular flexibility index (Phi) is 1.77. The van der Waals surface area contributed by atoms with Crippen LogP contribution in [-0.4, -0.2) is 10.9 Å². The van der Waals surface area contributed by atoms with Gasteiger partial charge in [-0.05, 0) is 38.5 Å². The van der Waals surface area contributed by atoms with Gasteiger partial charge in [0.05, 0.1) is 5.54 Å². The van der Waals surface area contributed by atoms with Crippen LogP contribution in [0, 0.1) is 0 Å². The molecule has 2 rings (SSSR count). The average molecular weight is 190 g/mol. The second-order valence-corrected chi connectivity index (χ2v) is 3.91. The second-order valence-electron chi connectivity index (χ2n) is 3.91. The van der Waals surface area contributed by atoms with Gasteiger partial charge in [0.25, 0.3) is 0 Å². The molecule has 1 aromatic rings. The first-order valence-electron chi connectivity index (χ1n) is 4.70. The van der Waals surface area contributed by atoms with Crippen LogP contribution in [0.4, 0.5) is 0 Å². The van der Waals surface area contributed by atoms with E-state index in [1.165, 1.54) is 0 Å². The number of hydrogen-bond acceptors (Lipinski definition) is 1. The van der Waals surface area contributed by atoms with Gasteiger partial charge in [0.1, 0.15) is 0 Å². The number of aromatic nitrogens is 1. The maximum atomic E-state index is 11.5. The first kappa shape index (κ1) is 9.06. The number of carbonyl (C=O) groups excluding carboxylic acids is 1. The summed E-state index contributed by atoms with van der Waals surface area (Å²) in [4.78, 5) is 14.7. The summed E-state index contributed by atoms with van der Waals surface area (Å²) in [6.07, 6.45) is 1.87. The summed E-state index contributed by atoms with van der Waals surface area (Å²) in [5.74, 6) is 0.0274. The predicted octanol–water partition coefficient (Wildman–Crippen LogP) is 1.70. The van der Waals surface area contributed by atoms with Gasteiger partial charge in [-0.3, -0.25) is 4.79 Å². The molecule has 0 bridgehead atoms. The highest BCUT2D eigenvalue weighted by atomic mass is 16.2. The Labute approximate surface area is 83.2 Å². The third kappa shape index (κ3) is 1.02. The minimum Gasteiger partial charge on any atom is -0.363 e. The number of rotatable bonds is 1. The van der Waals surface area contributed by atoms with Crippen molar-refractivity contribution in [1.82, 2.24) is 10.3 Å². The molecule has 3 heteroatoms. The van der Waals surface area contributed by atoms with Crippen LogP contribution >= 0.6 is 0 Å². The Morgan fingerprint density at radius 2 is 2.07 bits per heavy atom. The molecule has 3 nitrogen and oxygen atoms in total. The van der Waals surface area contributed by atoms with E-state index in [-0.39, 0.29) is 11.4 Å². The van der Waals surface area contributed by atoms with Crippen LogP contribution in [-0.2, 0) is 10.3 Å². The van der Waals surface area contributed by atoms with Gasteiger partial charge in [-0.1, -0.05) is 0 Å². The molecule has 1 unspecified atom stereocenters. The zero-order chi connectivity index (χ0) is 10.3. The maximum absolute atomic E-state index is 11.5. The van der Waals surface area contributed by atoms with Crippen LogP contribution in [0.1, 0.15) is 26.5 Å². The van der Waals surface area contributed by atoms with E-state index in [0.717, 1.165) is 16.8 Å². The number of aromatic amines is 1. The van der Waals surface area contributed by atoms with Gasteiger partial charge in [0.15, 0.2) is 0 Å². The summed E-state index contributed by atoms with van der Waals surface area (Å²) in [7, 11) is 0. The fraction of sp³-hybridized carbons (Fsp3) is 0.364. The first-order chi connectivity index (χ1) is 6.55. The van der Waals surface area contributed by atoms with Crippen LogP contribution in [0.5, 0.6) is 0 Å². The lowest BCUT2D eigenvalue weighted by atomic mass is 9.90. The van der Waals surface area contributed by atoms with Crippen molar-refractivity contribution in [3.05, 3.63) is 35.2 Å². The van der Waals surface area contributed by atoms with Crippen molar-refractivity contribution in [1.29, 1.82) is 0 Å². The van der Waals surface area contributed by atoms with E-state index < -0.39 is 0 Å². The number of nitrogens with one attached hydrogen (secondary N) is 2. The number of amides is 1. The van der Waals surface area contributed by atoms with Gasteiger partial charge in [-0.25, -0.2) is 0 Å². The summed E-state index contributed by atoms with van der Waals surface area (Å²) < 4.78 is 0. The number of hydrogen-bond donors (Lipinski definition) is 2. The topological polar surface area (TPSA) is 44.9 Å². The number of H-pyrrole nitrogens is 1. The smallest absolute Gasteiger partial charge is 0.247 e. The van der Waals surface area contributed by atoms with E-state index in [2.05, 4.69) is 10.3 Å². The molecule has 0 spiro atoms. The molecule has 1 amide bonds. The van der Waals surface area contributed by atoms with Gasteiger partial charge in [0.2, 0.25) is 5.91 Å². The molecule has 1 atom stereocenters. The quantitative estimate of drug-likeness (QED) is 0.695. The Balaban J connectivity index is 2.51. The first-order valence-corrected chi connectivity index (χ1v) is 4.70. The highest BCUT2D eigenvalue weighted by molar-refractivity contribution is 5.97. The molecule has 2 N–H and O–H groups in total. The molecule has 0 saturated carbocycles. The highest BCUT2D eigenvalue weighted by Gasteiger charge is 2.38. The van der Waals surface area contributed by atoms with Crippen LogP contribution in [0.25, 0.3) is 0 Å². The summed E-state index contributed by atoms with van der Waals surface area (Å²) in [6.45, 7) is 5.87. The predicted molar refractivity (Wildman–Crippen MR) is 54.7 cm³/mol. The highest BCUT2D eigenvalue weighted by Crippen LogP contribution is 2.34. The molecule has 0 aromatic carbocycles. The molecule has 2 heterocycles. The zero-order valence-electron chi connectivity index (χ0n) is 8.64. The third-order valence-corrected chi connectivity index (χ3v) is 3.15. The molecular weight excluding hydrogens is 176 g/mol. The second kappa shape index (κ2) is 2.74. The number of carbonyl (C=O) groups is 1. The fourth-order valence-electron chi connectivity index (χ4n) is 1.87. The van der Waals surface area contributed by atoms with Crippen LogP contribution in [0.15, 0.2) is 29.5 Å². The molecule has 14 heavy (non-hydrogen) atoms. The summed E-state index contributed by atoms with van der Waals surface area (Å²) >= 11 is 0. The molecule has 74 valence electrons. The van der Waals surface area contributed by atoms with Gasteiger partial charge in [-0.2, -0.15) is 0 Å². The monoisotopic (exact) mass is 190 g/mol. The van der Waals surface area contributed by atoms with Gasteiger partial charge in [0, 0.05) is 17.5 Å². The Morgan fingerprint density at radius 3 is 2.50 bits per heavy atom. The van der Waals surface area contributed by atoms with E-state index in [0.29, 0.717) is 0 Å². The largest absolute Gasteiger partial charge is 0.363 e. The van der Waals surface area contributed by atoms with E-state index in [9.17, 15) is 4.79 Å². The van der Waals surface area contributed by atoms with Crippen molar-refractivity contribution in [2.75, 3.05) is 0 Å². The van der Waals surface area contributed by atoms with E-state index in [1.807, 2.05) is 39.1 Å². The van der Waals surface area contributed by atoms with Crippen LogP contribution in [0.2, 0.25) is 0 Å². The van der Waals surface area contributed by atoms with Gasteiger partial charge >= 0.3 is 0 Å².